The zero-order valence-corrected chi connectivity index (χ0v) is 29.4. The fourth-order valence-electron chi connectivity index (χ4n) is 6.17. The van der Waals surface area contributed by atoms with Gasteiger partial charge in [0.15, 0.2) is 27.2 Å². The predicted molar refractivity (Wildman–Crippen MR) is 177 cm³/mol. The van der Waals surface area contributed by atoms with Gasteiger partial charge >= 0.3 is 0 Å². The van der Waals surface area contributed by atoms with Gasteiger partial charge in [-0.25, -0.2) is 0 Å². The Morgan fingerprint density at radius 2 is 1.57 bits per heavy atom. The largest absolute Gasteiger partial charge is 0.392 e. The van der Waals surface area contributed by atoms with E-state index in [1.807, 2.05) is 67.6 Å². The molecule has 0 aliphatic carbocycles. The van der Waals surface area contributed by atoms with E-state index in [2.05, 4.69) is 57.7 Å². The van der Waals surface area contributed by atoms with Gasteiger partial charge in [0.2, 0.25) is 0 Å². The van der Waals surface area contributed by atoms with Gasteiger partial charge in [-0.05, 0) is 41.1 Å². The molecule has 3 aliphatic rings. The Morgan fingerprint density at radius 1 is 0.891 bits per heavy atom. The van der Waals surface area contributed by atoms with E-state index in [-0.39, 0.29) is 41.6 Å². The average Bonchev–Trinajstić information content (AvgIpc) is 3.03. The third kappa shape index (κ3) is 7.86. The molecule has 3 fully saturated rings. The van der Waals surface area contributed by atoms with Crippen molar-refractivity contribution in [1.29, 1.82) is 0 Å². The highest BCUT2D eigenvalue weighted by molar-refractivity contribution is 6.74. The van der Waals surface area contributed by atoms with Gasteiger partial charge in [0.05, 0.1) is 38.1 Å². The van der Waals surface area contributed by atoms with E-state index in [1.54, 1.807) is 0 Å². The zero-order chi connectivity index (χ0) is 33.1. The summed E-state index contributed by atoms with van der Waals surface area (Å²) < 4.78 is 45.6. The molecular weight excluding hydrogens is 602 g/mol. The first-order valence-electron chi connectivity index (χ1n) is 16.5. The molecule has 0 amide bonds. The molecule has 0 aromatic heterocycles. The molecule has 10 nitrogen and oxygen atoms in total. The van der Waals surface area contributed by atoms with Crippen molar-refractivity contribution in [2.75, 3.05) is 13.2 Å². The van der Waals surface area contributed by atoms with Crippen molar-refractivity contribution in [3.05, 3.63) is 82.2 Å². The van der Waals surface area contributed by atoms with Gasteiger partial charge in [0.25, 0.3) is 0 Å². The van der Waals surface area contributed by atoms with E-state index in [0.29, 0.717) is 13.2 Å². The number of fused-ring (bicyclic) bond motifs is 1. The minimum atomic E-state index is -2.28. The van der Waals surface area contributed by atoms with Crippen molar-refractivity contribution in [1.82, 2.24) is 0 Å². The van der Waals surface area contributed by atoms with Crippen LogP contribution in [0.3, 0.4) is 0 Å². The number of hydrogen-bond donors (Lipinski definition) is 0. The van der Waals surface area contributed by atoms with E-state index in [0.717, 1.165) is 11.1 Å². The Balaban J connectivity index is 1.34. The number of rotatable bonds is 10. The van der Waals surface area contributed by atoms with Crippen molar-refractivity contribution >= 4 is 8.32 Å². The molecule has 0 N–H and O–H groups in total. The van der Waals surface area contributed by atoms with E-state index < -0.39 is 45.4 Å². The molecule has 46 heavy (non-hydrogen) atoms. The highest BCUT2D eigenvalue weighted by Crippen LogP contribution is 2.43. The molecule has 0 radical (unpaired) electrons. The van der Waals surface area contributed by atoms with Crippen LogP contribution >= 0.6 is 0 Å². The molecule has 2 aromatic rings. The molecule has 5 rings (SSSR count). The van der Waals surface area contributed by atoms with Crippen LogP contribution < -0.4 is 0 Å². The van der Waals surface area contributed by atoms with Crippen LogP contribution in [0.15, 0.2) is 65.8 Å². The summed E-state index contributed by atoms with van der Waals surface area (Å²) in [6, 6.07) is 19.4. The highest BCUT2D eigenvalue weighted by atomic mass is 28.4. The van der Waals surface area contributed by atoms with Crippen LogP contribution in [0.4, 0.5) is 0 Å². The first-order chi connectivity index (χ1) is 21.9. The second kappa shape index (κ2) is 14.8. The van der Waals surface area contributed by atoms with Crippen LogP contribution in [-0.2, 0) is 39.5 Å². The molecule has 0 spiro atoms. The monoisotopic (exact) mass is 653 g/mol. The molecule has 0 saturated carbocycles. The first-order valence-corrected chi connectivity index (χ1v) is 19.4. The minimum Gasteiger partial charge on any atom is -0.392 e. The second-order valence-electron chi connectivity index (χ2n) is 14.5. The lowest BCUT2D eigenvalue weighted by Gasteiger charge is -2.51. The lowest BCUT2D eigenvalue weighted by atomic mass is 9.83. The third-order valence-corrected chi connectivity index (χ3v) is 14.7. The molecule has 3 heterocycles. The number of azide groups is 1. The number of nitrogens with zero attached hydrogens (tertiary/aromatic N) is 3. The van der Waals surface area contributed by atoms with Gasteiger partial charge in [-0.3, -0.25) is 0 Å². The Bertz CT molecular complexity index is 1300. The number of ether oxygens (including phenoxy) is 6. The maximum Gasteiger partial charge on any atom is 0.195 e. The van der Waals surface area contributed by atoms with Gasteiger partial charge in [0.1, 0.15) is 12.2 Å². The van der Waals surface area contributed by atoms with Gasteiger partial charge in [0, 0.05) is 16.4 Å². The Kier molecular flexibility index (Phi) is 11.3. The predicted octanol–water partition coefficient (Wildman–Crippen LogP) is 7.76. The summed E-state index contributed by atoms with van der Waals surface area (Å²) >= 11 is 0. The highest BCUT2D eigenvalue weighted by Gasteiger charge is 2.52. The maximum absolute atomic E-state index is 9.60. The van der Waals surface area contributed by atoms with Crippen molar-refractivity contribution in [3.8, 4) is 0 Å². The van der Waals surface area contributed by atoms with Gasteiger partial charge < -0.3 is 32.8 Å². The summed E-state index contributed by atoms with van der Waals surface area (Å²) in [6.07, 6.45) is -3.09. The quantitative estimate of drug-likeness (QED) is 0.111. The van der Waals surface area contributed by atoms with E-state index >= 15 is 0 Å². The van der Waals surface area contributed by atoms with Crippen LogP contribution in [0.1, 0.15) is 59.0 Å². The van der Waals surface area contributed by atoms with Gasteiger partial charge in [-0.2, -0.15) is 0 Å². The van der Waals surface area contributed by atoms with Crippen LogP contribution in [0, 0.1) is 17.8 Å². The second-order valence-corrected chi connectivity index (χ2v) is 19.3. The van der Waals surface area contributed by atoms with Gasteiger partial charge in [-0.15, -0.1) is 0 Å². The molecule has 3 aliphatic heterocycles. The maximum atomic E-state index is 9.60. The van der Waals surface area contributed by atoms with Crippen molar-refractivity contribution < 1.29 is 32.8 Å². The summed E-state index contributed by atoms with van der Waals surface area (Å²) in [5.74, 6) is -0.100. The van der Waals surface area contributed by atoms with Crippen LogP contribution in [0.5, 0.6) is 0 Å². The average molecular weight is 654 g/mol. The first kappa shape index (κ1) is 35.0. The molecule has 2 aromatic carbocycles. The van der Waals surface area contributed by atoms with Crippen LogP contribution in [0.25, 0.3) is 10.4 Å². The Hall–Kier alpha value is -2.31. The van der Waals surface area contributed by atoms with Crippen molar-refractivity contribution in [2.45, 2.75) is 116 Å². The summed E-state index contributed by atoms with van der Waals surface area (Å²) in [4.78, 5) is 3.20. The zero-order valence-electron chi connectivity index (χ0n) is 28.4. The molecule has 11 atom stereocenters. The third-order valence-electron chi connectivity index (χ3n) is 10.3. The number of benzene rings is 2. The van der Waals surface area contributed by atoms with Crippen molar-refractivity contribution in [2.24, 2.45) is 22.9 Å². The van der Waals surface area contributed by atoms with Gasteiger partial charge in [-0.1, -0.05) is 107 Å². The van der Waals surface area contributed by atoms with E-state index in [1.165, 1.54) is 0 Å². The fraction of sp³-hybridized carbons (Fsp3) is 0.657. The Labute approximate surface area is 274 Å². The normalized spacial score (nSPS) is 35.2. The number of hydrogen-bond acceptors (Lipinski definition) is 8. The summed E-state index contributed by atoms with van der Waals surface area (Å²) in [6.45, 7) is 18.3. The Morgan fingerprint density at radius 3 is 2.22 bits per heavy atom. The lowest BCUT2D eigenvalue weighted by Crippen LogP contribution is -2.61. The van der Waals surface area contributed by atoms with E-state index in [9.17, 15) is 5.53 Å². The summed E-state index contributed by atoms with van der Waals surface area (Å²) in [7, 11) is -2.28. The van der Waals surface area contributed by atoms with E-state index in [4.69, 9.17) is 32.8 Å². The summed E-state index contributed by atoms with van der Waals surface area (Å²) in [5, 5.41) is 4.15. The lowest BCUT2D eigenvalue weighted by molar-refractivity contribution is -0.361. The topological polar surface area (TPSA) is 113 Å². The van der Waals surface area contributed by atoms with Crippen LogP contribution in [-0.4, -0.2) is 64.6 Å². The fourth-order valence-corrected chi connectivity index (χ4v) is 7.30. The molecule has 11 heteroatoms. The standard InChI is InChI=1S/C35H51N3O7Si/c1-22-23(2)32(41-28-21-40-33(44-30(22)28)26-17-13-10-14-18-26)43-31-24(3)29(37-38-36)34(45-46(7,8)35(4,5)6)42-27(31)20-39-19-25-15-11-9-12-16-25/h9-18,22-24,27-34H,19-21H2,1-8H3/t22-,23?,24-,27?,28?,29?,30+,31+,32+,33?,34+/m1/s1. The SMILES string of the molecule is CC1[C@H](O[C@@H]2C(COCc3ccccc3)O[C@@H](O[Si](C)(C)C(C)(C)C)C(N=[N+]=[N-])[C@H]2C)OC2COC(c3ccccc3)O[C@H]2[C@@H]1C. The summed E-state index contributed by atoms with van der Waals surface area (Å²) in [5.41, 5.74) is 11.7. The molecular formula is C35H51N3O7Si. The molecule has 0 bridgehead atoms. The van der Waals surface area contributed by atoms with Crippen molar-refractivity contribution in [3.63, 3.8) is 0 Å². The minimum absolute atomic E-state index is 0.00739. The van der Waals surface area contributed by atoms with Crippen LogP contribution in [0.2, 0.25) is 18.1 Å². The molecule has 3 saturated heterocycles. The smallest absolute Gasteiger partial charge is 0.195 e. The molecule has 252 valence electrons. The molecule has 5 unspecified atom stereocenters.